The fourth-order valence-corrected chi connectivity index (χ4v) is 6.54. The fourth-order valence-electron chi connectivity index (χ4n) is 6.27. The number of aromatic nitrogens is 4. The van der Waals surface area contributed by atoms with Gasteiger partial charge in [0, 0.05) is 68.0 Å². The van der Waals surface area contributed by atoms with E-state index in [4.69, 9.17) is 11.6 Å². The number of hydrogen-bond donors (Lipinski definition) is 3. The van der Waals surface area contributed by atoms with Gasteiger partial charge in [-0.2, -0.15) is 5.10 Å². The van der Waals surface area contributed by atoms with Gasteiger partial charge in [-0.1, -0.05) is 29.8 Å². The first kappa shape index (κ1) is 28.9. The van der Waals surface area contributed by atoms with E-state index in [2.05, 4.69) is 30.4 Å². The van der Waals surface area contributed by atoms with E-state index in [0.717, 1.165) is 45.4 Å². The molecule has 0 aliphatic carbocycles. The number of hydrogen-bond acceptors (Lipinski definition) is 6. The molecular formula is C31H35ClN8O3. The first-order valence-corrected chi connectivity index (χ1v) is 15.0. The molecule has 1 atom stereocenters. The van der Waals surface area contributed by atoms with Gasteiger partial charge < -0.3 is 24.9 Å². The minimum Gasteiger partial charge on any atom is -0.348 e. The van der Waals surface area contributed by atoms with Crippen LogP contribution in [0.25, 0.3) is 10.9 Å². The van der Waals surface area contributed by atoms with Crippen LogP contribution in [0.3, 0.4) is 0 Å². The number of amides is 3. The number of piperidine rings is 1. The Kier molecular flexibility index (Phi) is 8.44. The number of likely N-dealkylation sites (tertiary alicyclic amines) is 1. The Morgan fingerprint density at radius 2 is 2.05 bits per heavy atom. The lowest BCUT2D eigenvalue weighted by Gasteiger charge is -2.40. The molecule has 3 amide bonds. The van der Waals surface area contributed by atoms with Gasteiger partial charge in [0.25, 0.3) is 0 Å². The second-order valence-electron chi connectivity index (χ2n) is 11.5. The maximum Gasteiger partial charge on any atom is 0.322 e. The quantitative estimate of drug-likeness (QED) is 0.231. The van der Waals surface area contributed by atoms with Crippen LogP contribution >= 0.6 is 11.6 Å². The van der Waals surface area contributed by atoms with E-state index in [1.807, 2.05) is 47.2 Å². The lowest BCUT2D eigenvalue weighted by Crippen LogP contribution is -2.51. The largest absolute Gasteiger partial charge is 0.348 e. The van der Waals surface area contributed by atoms with Gasteiger partial charge in [-0.15, -0.1) is 0 Å². The number of nitrogens with one attached hydrogen (secondary N) is 3. The summed E-state index contributed by atoms with van der Waals surface area (Å²) in [5.41, 5.74) is 4.64. The zero-order valence-corrected chi connectivity index (χ0v) is 24.8. The Labute approximate surface area is 254 Å². The summed E-state index contributed by atoms with van der Waals surface area (Å²) in [6, 6.07) is 9.68. The molecule has 1 fully saturated rings. The summed E-state index contributed by atoms with van der Waals surface area (Å²) >= 11 is 6.60. The van der Waals surface area contributed by atoms with Crippen LogP contribution in [0.2, 0.25) is 5.02 Å². The molecule has 11 nitrogen and oxygen atoms in total. The number of rotatable bonds is 10. The average molecular weight is 603 g/mol. The third kappa shape index (κ3) is 6.28. The Hall–Kier alpha value is -4.22. The molecule has 2 aromatic carbocycles. The van der Waals surface area contributed by atoms with Gasteiger partial charge in [0.05, 0.1) is 23.3 Å². The van der Waals surface area contributed by atoms with Crippen molar-refractivity contribution in [3.8, 4) is 0 Å². The lowest BCUT2D eigenvalue weighted by molar-refractivity contribution is -0.135. The van der Waals surface area contributed by atoms with Crippen molar-refractivity contribution in [2.75, 3.05) is 25.5 Å². The summed E-state index contributed by atoms with van der Waals surface area (Å²) in [7, 11) is 2.00. The number of carbonyl (C=O) groups is 3. The highest BCUT2D eigenvalue weighted by atomic mass is 35.5. The van der Waals surface area contributed by atoms with Crippen molar-refractivity contribution in [1.29, 1.82) is 0 Å². The highest BCUT2D eigenvalue weighted by Gasteiger charge is 2.33. The van der Waals surface area contributed by atoms with E-state index in [1.165, 1.54) is 0 Å². The minimum atomic E-state index is -0.496. The van der Waals surface area contributed by atoms with Gasteiger partial charge in [-0.05, 0) is 55.1 Å². The molecule has 0 spiro atoms. The highest BCUT2D eigenvalue weighted by Crippen LogP contribution is 2.32. The predicted molar refractivity (Wildman–Crippen MR) is 163 cm³/mol. The van der Waals surface area contributed by atoms with Crippen LogP contribution < -0.4 is 5.32 Å². The highest BCUT2D eigenvalue weighted by molar-refractivity contribution is 6.35. The van der Waals surface area contributed by atoms with Crippen LogP contribution in [-0.2, 0) is 35.6 Å². The lowest BCUT2D eigenvalue weighted by atomic mass is 9.91. The number of H-pyrrole nitrogens is 2. The van der Waals surface area contributed by atoms with Crippen LogP contribution in [-0.4, -0.2) is 79.3 Å². The molecule has 1 saturated heterocycles. The number of benzene rings is 2. The Balaban J connectivity index is 1.10. The molecule has 43 heavy (non-hydrogen) atoms. The Bertz CT molecular complexity index is 1610. The van der Waals surface area contributed by atoms with Crippen molar-refractivity contribution in [3.63, 3.8) is 0 Å². The first-order chi connectivity index (χ1) is 20.9. The van der Waals surface area contributed by atoms with E-state index in [1.54, 1.807) is 18.6 Å². The number of carbonyl (C=O) groups excluding carboxylic acids is 3. The van der Waals surface area contributed by atoms with Crippen molar-refractivity contribution >= 4 is 46.4 Å². The SMILES string of the molecule is CN(Cc1ncc[nH]1)Cc1c(C[C@H](C=O)CC(=O)N2CCC(N3Cc4ccccc4NC3=O)CC2)cc(Cl)c2[nH]ncc12. The van der Waals surface area contributed by atoms with E-state index >= 15 is 0 Å². The summed E-state index contributed by atoms with van der Waals surface area (Å²) in [6.07, 6.45) is 8.07. The van der Waals surface area contributed by atoms with Gasteiger partial charge >= 0.3 is 6.03 Å². The number of imidazole rings is 1. The molecule has 2 aliphatic rings. The molecule has 0 unspecified atom stereocenters. The van der Waals surface area contributed by atoms with E-state index in [9.17, 15) is 14.4 Å². The summed E-state index contributed by atoms with van der Waals surface area (Å²) < 4.78 is 0. The van der Waals surface area contributed by atoms with Crippen LogP contribution in [0.4, 0.5) is 10.5 Å². The molecule has 2 aliphatic heterocycles. The zero-order valence-electron chi connectivity index (χ0n) is 24.1. The summed E-state index contributed by atoms with van der Waals surface area (Å²) in [4.78, 5) is 51.7. The molecule has 4 aromatic rings. The molecule has 0 saturated carbocycles. The molecule has 6 rings (SSSR count). The second-order valence-corrected chi connectivity index (χ2v) is 11.9. The predicted octanol–water partition coefficient (Wildman–Crippen LogP) is 4.36. The number of para-hydroxylation sites is 1. The van der Waals surface area contributed by atoms with Crippen molar-refractivity contribution in [2.24, 2.45) is 5.92 Å². The third-order valence-electron chi connectivity index (χ3n) is 8.52. The molecule has 0 bridgehead atoms. The van der Waals surface area contributed by atoms with Crippen molar-refractivity contribution in [1.82, 2.24) is 34.9 Å². The number of nitrogens with zero attached hydrogens (tertiary/aromatic N) is 5. The zero-order chi connectivity index (χ0) is 29.9. The molecule has 0 radical (unpaired) electrons. The van der Waals surface area contributed by atoms with Gasteiger partial charge in [0.15, 0.2) is 0 Å². The summed E-state index contributed by atoms with van der Waals surface area (Å²) in [6.45, 7) is 2.87. The first-order valence-electron chi connectivity index (χ1n) is 14.6. The van der Waals surface area contributed by atoms with Crippen LogP contribution in [0.1, 0.15) is 41.8 Å². The molecule has 2 aromatic heterocycles. The summed E-state index contributed by atoms with van der Waals surface area (Å²) in [5, 5.41) is 11.6. The number of aromatic amines is 2. The van der Waals surface area contributed by atoms with E-state index < -0.39 is 5.92 Å². The Morgan fingerprint density at radius 1 is 1.23 bits per heavy atom. The fraction of sp³-hybridized carbons (Fsp3) is 0.387. The monoisotopic (exact) mass is 602 g/mol. The standard InChI is InChI=1S/C31H35ClN8O3/c1-38(18-28-33-8-9-34-28)17-25-22(14-26(32)30-24(25)15-35-37-30)12-20(19-41)13-29(42)39-10-6-23(7-11-39)40-16-21-4-2-3-5-27(21)36-31(40)43/h2-5,8-9,14-15,19-20,23H,6-7,10-13,16-18H2,1H3,(H,33,34)(H,35,37)(H,36,43)/t20-/m0/s1. The van der Waals surface area contributed by atoms with E-state index in [0.29, 0.717) is 57.0 Å². The molecular weight excluding hydrogens is 568 g/mol. The molecule has 3 N–H and O–H groups in total. The maximum absolute atomic E-state index is 13.4. The second kappa shape index (κ2) is 12.6. The number of anilines is 1. The number of halogens is 1. The maximum atomic E-state index is 13.4. The molecule has 224 valence electrons. The minimum absolute atomic E-state index is 0.0454. The van der Waals surface area contributed by atoms with Crippen LogP contribution in [0.5, 0.6) is 0 Å². The van der Waals surface area contributed by atoms with Crippen LogP contribution in [0.15, 0.2) is 48.9 Å². The topological polar surface area (TPSA) is 130 Å². The smallest absolute Gasteiger partial charge is 0.322 e. The van der Waals surface area contributed by atoms with Crippen molar-refractivity contribution in [3.05, 3.63) is 76.5 Å². The van der Waals surface area contributed by atoms with Crippen LogP contribution in [0, 0.1) is 5.92 Å². The Morgan fingerprint density at radius 3 is 2.81 bits per heavy atom. The average Bonchev–Trinajstić information content (AvgIpc) is 3.71. The molecule has 12 heteroatoms. The number of aldehydes is 1. The van der Waals surface area contributed by atoms with Crippen molar-refractivity contribution in [2.45, 2.75) is 51.4 Å². The normalized spacial score (nSPS) is 16.4. The van der Waals surface area contributed by atoms with Gasteiger partial charge in [-0.3, -0.25) is 14.8 Å². The number of fused-ring (bicyclic) bond motifs is 2. The number of urea groups is 1. The summed E-state index contributed by atoms with van der Waals surface area (Å²) in [5.74, 6) is 0.312. The van der Waals surface area contributed by atoms with Gasteiger partial charge in [-0.25, -0.2) is 9.78 Å². The van der Waals surface area contributed by atoms with E-state index in [-0.39, 0.29) is 24.4 Å². The third-order valence-corrected chi connectivity index (χ3v) is 8.82. The van der Waals surface area contributed by atoms with Gasteiger partial charge in [0.1, 0.15) is 12.1 Å². The molecule has 4 heterocycles. The van der Waals surface area contributed by atoms with Gasteiger partial charge in [0.2, 0.25) is 5.91 Å². The van der Waals surface area contributed by atoms with Crippen molar-refractivity contribution < 1.29 is 14.4 Å².